The summed E-state index contributed by atoms with van der Waals surface area (Å²) in [6.45, 7) is 5.23. The predicted molar refractivity (Wildman–Crippen MR) is 83.7 cm³/mol. The second-order valence-corrected chi connectivity index (χ2v) is 5.05. The number of aliphatic hydroxyl groups excluding tert-OH is 1. The van der Waals surface area contributed by atoms with E-state index in [1.807, 2.05) is 30.3 Å². The van der Waals surface area contributed by atoms with Gasteiger partial charge in [0.25, 0.3) is 0 Å². The van der Waals surface area contributed by atoms with Gasteiger partial charge in [-0.15, -0.1) is 0 Å². The maximum atomic E-state index is 9.40. The van der Waals surface area contributed by atoms with Crippen LogP contribution in [0.25, 0.3) is 0 Å². The van der Waals surface area contributed by atoms with Gasteiger partial charge in [-0.2, -0.15) is 0 Å². The smallest absolute Gasteiger partial charge is 0.129 e. The Balaban J connectivity index is 2.07. The molecule has 112 valence electrons. The van der Waals surface area contributed by atoms with E-state index >= 15 is 0 Å². The van der Waals surface area contributed by atoms with Gasteiger partial charge in [-0.3, -0.25) is 0 Å². The molecule has 3 nitrogen and oxygen atoms in total. The Labute approximate surface area is 126 Å². The zero-order valence-corrected chi connectivity index (χ0v) is 12.6. The normalized spacial score (nSPS) is 10.4. The Bertz CT molecular complexity index is 561. The van der Waals surface area contributed by atoms with Crippen LogP contribution >= 0.6 is 0 Å². The fourth-order valence-corrected chi connectivity index (χ4v) is 1.95. The van der Waals surface area contributed by atoms with E-state index in [1.165, 1.54) is 5.56 Å². The molecule has 0 bridgehead atoms. The Morgan fingerprint density at radius 3 is 2.43 bits per heavy atom. The molecule has 3 heteroatoms. The van der Waals surface area contributed by atoms with E-state index in [0.717, 1.165) is 23.3 Å². The van der Waals surface area contributed by atoms with Gasteiger partial charge in [0.05, 0.1) is 13.2 Å². The lowest BCUT2D eigenvalue weighted by Crippen LogP contribution is -2.01. The largest absolute Gasteiger partial charge is 0.493 e. The number of hydrogen-bond donors (Lipinski definition) is 1. The van der Waals surface area contributed by atoms with Crippen LogP contribution in [-0.4, -0.2) is 11.7 Å². The molecule has 0 radical (unpaired) electrons. The van der Waals surface area contributed by atoms with Crippen LogP contribution in [0.4, 0.5) is 0 Å². The second kappa shape index (κ2) is 7.70. The molecule has 0 aliphatic heterocycles. The molecule has 2 aromatic carbocycles. The van der Waals surface area contributed by atoms with E-state index in [0.29, 0.717) is 19.0 Å². The Morgan fingerprint density at radius 1 is 1.00 bits per heavy atom. The van der Waals surface area contributed by atoms with Gasteiger partial charge in [0, 0.05) is 11.6 Å². The first-order valence-corrected chi connectivity index (χ1v) is 7.28. The Morgan fingerprint density at radius 2 is 1.76 bits per heavy atom. The number of ether oxygens (including phenoxy) is 2. The number of benzene rings is 2. The van der Waals surface area contributed by atoms with E-state index in [1.54, 1.807) is 0 Å². The minimum atomic E-state index is -0.0444. The highest BCUT2D eigenvalue weighted by molar-refractivity contribution is 5.40. The molecule has 0 saturated carbocycles. The topological polar surface area (TPSA) is 38.7 Å². The number of aliphatic hydroxyl groups is 1. The minimum Gasteiger partial charge on any atom is -0.493 e. The first-order chi connectivity index (χ1) is 10.2. The first-order valence-electron chi connectivity index (χ1n) is 7.28. The van der Waals surface area contributed by atoms with Crippen LogP contribution in [0.5, 0.6) is 11.5 Å². The van der Waals surface area contributed by atoms with E-state index < -0.39 is 0 Å². The van der Waals surface area contributed by atoms with Crippen LogP contribution in [0.15, 0.2) is 42.5 Å². The summed E-state index contributed by atoms with van der Waals surface area (Å²) in [7, 11) is 0. The van der Waals surface area contributed by atoms with Gasteiger partial charge in [-0.25, -0.2) is 0 Å². The summed E-state index contributed by atoms with van der Waals surface area (Å²) in [5.74, 6) is 1.44. The van der Waals surface area contributed by atoms with Gasteiger partial charge in [-0.05, 0) is 31.0 Å². The van der Waals surface area contributed by atoms with Crippen molar-refractivity contribution < 1.29 is 14.6 Å². The van der Waals surface area contributed by atoms with Crippen molar-refractivity contribution in [2.45, 2.75) is 33.5 Å². The molecule has 0 aromatic heterocycles. The average Bonchev–Trinajstić information content (AvgIpc) is 2.52. The molecular formula is C18H22O3. The van der Waals surface area contributed by atoms with Crippen LogP contribution in [-0.2, 0) is 13.2 Å². The molecule has 1 N–H and O–H groups in total. The van der Waals surface area contributed by atoms with Crippen molar-refractivity contribution in [1.29, 1.82) is 0 Å². The highest BCUT2D eigenvalue weighted by Crippen LogP contribution is 2.26. The summed E-state index contributed by atoms with van der Waals surface area (Å²) in [6, 6.07) is 13.8. The highest BCUT2D eigenvalue weighted by Gasteiger charge is 2.06. The molecular weight excluding hydrogens is 264 g/mol. The van der Waals surface area contributed by atoms with E-state index in [4.69, 9.17) is 9.47 Å². The van der Waals surface area contributed by atoms with Crippen molar-refractivity contribution >= 4 is 0 Å². The van der Waals surface area contributed by atoms with Gasteiger partial charge in [0.1, 0.15) is 18.1 Å². The molecule has 0 aliphatic carbocycles. The summed E-state index contributed by atoms with van der Waals surface area (Å²) in [6.07, 6.45) is 0.960. The standard InChI is InChI=1S/C18H22O3/c1-3-10-20-17-9-8-16(12-19)18(11-17)21-13-15-6-4-14(2)5-7-15/h4-9,11,19H,3,10,12-13H2,1-2H3. The van der Waals surface area contributed by atoms with Crippen molar-refractivity contribution in [3.63, 3.8) is 0 Å². The van der Waals surface area contributed by atoms with Crippen molar-refractivity contribution in [1.82, 2.24) is 0 Å². The third kappa shape index (κ3) is 4.50. The van der Waals surface area contributed by atoms with Gasteiger partial charge < -0.3 is 14.6 Å². The maximum absolute atomic E-state index is 9.40. The van der Waals surface area contributed by atoms with Gasteiger partial charge >= 0.3 is 0 Å². The molecule has 0 saturated heterocycles. The summed E-state index contributed by atoms with van der Waals surface area (Å²) in [5, 5.41) is 9.40. The molecule has 0 fully saturated rings. The maximum Gasteiger partial charge on any atom is 0.129 e. The fourth-order valence-electron chi connectivity index (χ4n) is 1.95. The minimum absolute atomic E-state index is 0.0444. The van der Waals surface area contributed by atoms with Crippen LogP contribution < -0.4 is 9.47 Å². The predicted octanol–water partition coefficient (Wildman–Crippen LogP) is 3.86. The van der Waals surface area contributed by atoms with Crippen molar-refractivity contribution in [2.75, 3.05) is 6.61 Å². The molecule has 21 heavy (non-hydrogen) atoms. The highest BCUT2D eigenvalue weighted by atomic mass is 16.5. The first kappa shape index (κ1) is 15.4. The summed E-state index contributed by atoms with van der Waals surface area (Å²) in [4.78, 5) is 0. The van der Waals surface area contributed by atoms with Crippen molar-refractivity contribution in [2.24, 2.45) is 0 Å². The molecule has 0 spiro atoms. The second-order valence-electron chi connectivity index (χ2n) is 5.05. The molecule has 0 atom stereocenters. The molecule has 0 amide bonds. The number of hydrogen-bond acceptors (Lipinski definition) is 3. The lowest BCUT2D eigenvalue weighted by Gasteiger charge is -2.13. The zero-order chi connectivity index (χ0) is 15.1. The number of aryl methyl sites for hydroxylation is 1. The third-order valence-electron chi connectivity index (χ3n) is 3.20. The summed E-state index contributed by atoms with van der Waals surface area (Å²) in [5.41, 5.74) is 3.10. The van der Waals surface area contributed by atoms with Gasteiger partial charge in [0.2, 0.25) is 0 Å². The Hall–Kier alpha value is -2.00. The monoisotopic (exact) mass is 286 g/mol. The van der Waals surface area contributed by atoms with Gasteiger partial charge in [0.15, 0.2) is 0 Å². The third-order valence-corrected chi connectivity index (χ3v) is 3.20. The molecule has 0 heterocycles. The van der Waals surface area contributed by atoms with E-state index in [-0.39, 0.29) is 6.61 Å². The summed E-state index contributed by atoms with van der Waals surface area (Å²) < 4.78 is 11.4. The van der Waals surface area contributed by atoms with E-state index in [2.05, 4.69) is 26.0 Å². The van der Waals surface area contributed by atoms with Crippen LogP contribution in [0.1, 0.15) is 30.0 Å². The van der Waals surface area contributed by atoms with Crippen LogP contribution in [0.2, 0.25) is 0 Å². The lowest BCUT2D eigenvalue weighted by molar-refractivity contribution is 0.256. The average molecular weight is 286 g/mol. The molecule has 0 unspecified atom stereocenters. The Kier molecular flexibility index (Phi) is 5.64. The number of rotatable bonds is 7. The SMILES string of the molecule is CCCOc1ccc(CO)c(OCc2ccc(C)cc2)c1. The van der Waals surface area contributed by atoms with Crippen molar-refractivity contribution in [3.05, 3.63) is 59.2 Å². The fraction of sp³-hybridized carbons (Fsp3) is 0.333. The van der Waals surface area contributed by atoms with Crippen molar-refractivity contribution in [3.8, 4) is 11.5 Å². The lowest BCUT2D eigenvalue weighted by atomic mass is 10.1. The van der Waals surface area contributed by atoms with E-state index in [9.17, 15) is 5.11 Å². The van der Waals surface area contributed by atoms with Crippen LogP contribution in [0, 0.1) is 6.92 Å². The van der Waals surface area contributed by atoms with Gasteiger partial charge in [-0.1, -0.05) is 36.8 Å². The van der Waals surface area contributed by atoms with Crippen LogP contribution in [0.3, 0.4) is 0 Å². The zero-order valence-electron chi connectivity index (χ0n) is 12.6. The summed E-state index contributed by atoms with van der Waals surface area (Å²) >= 11 is 0. The molecule has 0 aliphatic rings. The quantitative estimate of drug-likeness (QED) is 0.840. The molecule has 2 rings (SSSR count). The molecule has 2 aromatic rings.